The lowest BCUT2D eigenvalue weighted by Gasteiger charge is -2.45. The number of hydrogen-bond acceptors (Lipinski definition) is 3. The SMILES string of the molecule is CC(C)(C)NC(=O)[C@@H]1C[C@@H]2CCCC[C@@H]2CN1CCO. The molecule has 2 rings (SSSR count). The number of rotatable bonds is 3. The molecule has 1 aliphatic heterocycles. The average Bonchev–Trinajstić information content (AvgIpc) is 2.36. The zero-order chi connectivity index (χ0) is 14.8. The van der Waals surface area contributed by atoms with Gasteiger partial charge in [-0.1, -0.05) is 19.3 Å². The van der Waals surface area contributed by atoms with Gasteiger partial charge in [0, 0.05) is 18.6 Å². The molecule has 1 saturated carbocycles. The third-order valence-electron chi connectivity index (χ3n) is 4.69. The van der Waals surface area contributed by atoms with Gasteiger partial charge in [0.25, 0.3) is 0 Å². The van der Waals surface area contributed by atoms with Gasteiger partial charge in [-0.05, 0) is 45.4 Å². The number of amides is 1. The molecule has 1 heterocycles. The molecular weight excluding hydrogens is 252 g/mol. The second-order valence-electron chi connectivity index (χ2n) is 7.51. The van der Waals surface area contributed by atoms with E-state index in [1.54, 1.807) is 0 Å². The maximum absolute atomic E-state index is 12.5. The van der Waals surface area contributed by atoms with E-state index in [2.05, 4.69) is 10.2 Å². The molecule has 0 unspecified atom stereocenters. The van der Waals surface area contributed by atoms with Crippen molar-refractivity contribution in [1.29, 1.82) is 0 Å². The molecule has 0 bridgehead atoms. The number of nitrogens with zero attached hydrogens (tertiary/aromatic N) is 1. The van der Waals surface area contributed by atoms with Crippen LogP contribution in [-0.4, -0.2) is 47.2 Å². The van der Waals surface area contributed by atoms with Gasteiger partial charge in [0.2, 0.25) is 5.91 Å². The van der Waals surface area contributed by atoms with Crippen molar-refractivity contribution in [2.45, 2.75) is 64.5 Å². The molecule has 0 radical (unpaired) electrons. The highest BCUT2D eigenvalue weighted by Crippen LogP contribution is 2.38. The second kappa shape index (κ2) is 6.44. The molecule has 1 aliphatic carbocycles. The summed E-state index contributed by atoms with van der Waals surface area (Å²) in [5.41, 5.74) is -0.189. The van der Waals surface area contributed by atoms with E-state index < -0.39 is 0 Å². The molecule has 4 heteroatoms. The number of likely N-dealkylation sites (tertiary alicyclic amines) is 1. The summed E-state index contributed by atoms with van der Waals surface area (Å²) in [5, 5.41) is 12.4. The van der Waals surface area contributed by atoms with E-state index in [9.17, 15) is 9.90 Å². The highest BCUT2D eigenvalue weighted by atomic mass is 16.3. The highest BCUT2D eigenvalue weighted by molar-refractivity contribution is 5.82. The van der Waals surface area contributed by atoms with Crippen molar-refractivity contribution in [1.82, 2.24) is 10.2 Å². The first-order valence-corrected chi connectivity index (χ1v) is 8.07. The van der Waals surface area contributed by atoms with Gasteiger partial charge in [-0.15, -0.1) is 0 Å². The fraction of sp³-hybridized carbons (Fsp3) is 0.938. The Labute approximate surface area is 122 Å². The van der Waals surface area contributed by atoms with Crippen LogP contribution >= 0.6 is 0 Å². The number of fused-ring (bicyclic) bond motifs is 1. The summed E-state index contributed by atoms with van der Waals surface area (Å²) in [6, 6.07) is -0.0549. The molecule has 0 spiro atoms. The van der Waals surface area contributed by atoms with E-state index in [4.69, 9.17) is 0 Å². The summed E-state index contributed by atoms with van der Waals surface area (Å²) >= 11 is 0. The maximum Gasteiger partial charge on any atom is 0.237 e. The maximum atomic E-state index is 12.5. The monoisotopic (exact) mass is 282 g/mol. The first-order chi connectivity index (χ1) is 9.40. The van der Waals surface area contributed by atoms with E-state index in [0.717, 1.165) is 18.9 Å². The first-order valence-electron chi connectivity index (χ1n) is 8.07. The number of carbonyl (C=O) groups excluding carboxylic acids is 1. The molecule has 0 aromatic heterocycles. The summed E-state index contributed by atoms with van der Waals surface area (Å²) in [5.74, 6) is 1.57. The molecule has 116 valence electrons. The highest BCUT2D eigenvalue weighted by Gasteiger charge is 2.40. The van der Waals surface area contributed by atoms with Gasteiger partial charge in [-0.2, -0.15) is 0 Å². The summed E-state index contributed by atoms with van der Waals surface area (Å²) < 4.78 is 0. The third kappa shape index (κ3) is 3.95. The molecule has 2 aliphatic rings. The van der Waals surface area contributed by atoms with Crippen LogP contribution in [0.15, 0.2) is 0 Å². The van der Waals surface area contributed by atoms with Crippen molar-refractivity contribution < 1.29 is 9.90 Å². The van der Waals surface area contributed by atoms with Gasteiger partial charge in [-0.3, -0.25) is 9.69 Å². The van der Waals surface area contributed by atoms with Crippen LogP contribution in [-0.2, 0) is 4.79 Å². The number of aliphatic hydroxyl groups is 1. The van der Waals surface area contributed by atoms with E-state index in [1.165, 1.54) is 25.7 Å². The molecule has 20 heavy (non-hydrogen) atoms. The van der Waals surface area contributed by atoms with Crippen molar-refractivity contribution >= 4 is 5.91 Å². The number of β-amino-alcohol motifs (C(OH)–C–C–N with tert-alkyl or cyclic N) is 1. The van der Waals surface area contributed by atoms with Crippen LogP contribution in [0.4, 0.5) is 0 Å². The number of aliphatic hydroxyl groups excluding tert-OH is 1. The van der Waals surface area contributed by atoms with Crippen LogP contribution in [0.1, 0.15) is 52.9 Å². The molecule has 0 aromatic rings. The number of piperidine rings is 1. The Hall–Kier alpha value is -0.610. The zero-order valence-corrected chi connectivity index (χ0v) is 13.2. The molecule has 2 N–H and O–H groups in total. The van der Waals surface area contributed by atoms with E-state index >= 15 is 0 Å². The Bertz CT molecular complexity index is 338. The van der Waals surface area contributed by atoms with E-state index in [1.807, 2.05) is 20.8 Å². The van der Waals surface area contributed by atoms with Crippen molar-refractivity contribution in [2.75, 3.05) is 19.7 Å². The first kappa shape index (κ1) is 15.8. The topological polar surface area (TPSA) is 52.6 Å². The van der Waals surface area contributed by atoms with Gasteiger partial charge >= 0.3 is 0 Å². The Morgan fingerprint density at radius 3 is 2.50 bits per heavy atom. The molecule has 3 atom stereocenters. The lowest BCUT2D eigenvalue weighted by atomic mass is 9.72. The van der Waals surface area contributed by atoms with Gasteiger partial charge in [0.05, 0.1) is 12.6 Å². The van der Waals surface area contributed by atoms with E-state index in [0.29, 0.717) is 12.5 Å². The lowest BCUT2D eigenvalue weighted by molar-refractivity contribution is -0.131. The predicted molar refractivity (Wildman–Crippen MR) is 80.4 cm³/mol. The van der Waals surface area contributed by atoms with Gasteiger partial charge in [-0.25, -0.2) is 0 Å². The standard InChI is InChI=1S/C16H30N2O2/c1-16(2,3)17-15(20)14-10-12-6-4-5-7-13(12)11-18(14)8-9-19/h12-14,19H,4-11H2,1-3H3,(H,17,20)/t12-,13+,14-/m0/s1. The Kier molecular flexibility index (Phi) is 5.08. The van der Waals surface area contributed by atoms with Crippen LogP contribution in [0, 0.1) is 11.8 Å². The van der Waals surface area contributed by atoms with Gasteiger partial charge in [0.1, 0.15) is 0 Å². The fourth-order valence-electron chi connectivity index (χ4n) is 3.80. The summed E-state index contributed by atoms with van der Waals surface area (Å²) in [7, 11) is 0. The Morgan fingerprint density at radius 1 is 1.25 bits per heavy atom. The Morgan fingerprint density at radius 2 is 1.90 bits per heavy atom. The number of hydrogen-bond donors (Lipinski definition) is 2. The normalized spacial score (nSPS) is 31.7. The van der Waals surface area contributed by atoms with Crippen molar-refractivity contribution in [3.8, 4) is 0 Å². The van der Waals surface area contributed by atoms with Crippen LogP contribution in [0.2, 0.25) is 0 Å². The van der Waals surface area contributed by atoms with Crippen molar-refractivity contribution in [3.63, 3.8) is 0 Å². The van der Waals surface area contributed by atoms with Gasteiger partial charge in [0.15, 0.2) is 0 Å². The average molecular weight is 282 g/mol. The predicted octanol–water partition coefficient (Wildman–Crippen LogP) is 1.77. The summed E-state index contributed by atoms with van der Waals surface area (Å²) in [6.07, 6.45) is 6.17. The van der Waals surface area contributed by atoms with Crippen LogP contribution < -0.4 is 5.32 Å². The third-order valence-corrected chi connectivity index (χ3v) is 4.69. The second-order valence-corrected chi connectivity index (χ2v) is 7.51. The fourth-order valence-corrected chi connectivity index (χ4v) is 3.80. The molecule has 1 amide bonds. The minimum Gasteiger partial charge on any atom is -0.395 e. The quantitative estimate of drug-likeness (QED) is 0.829. The lowest BCUT2D eigenvalue weighted by Crippen LogP contribution is -2.57. The van der Waals surface area contributed by atoms with Gasteiger partial charge < -0.3 is 10.4 Å². The zero-order valence-electron chi connectivity index (χ0n) is 13.2. The minimum absolute atomic E-state index is 0.0549. The molecule has 4 nitrogen and oxygen atoms in total. The minimum atomic E-state index is -0.189. The molecular formula is C16H30N2O2. The molecule has 1 saturated heterocycles. The van der Waals surface area contributed by atoms with Crippen LogP contribution in [0.5, 0.6) is 0 Å². The largest absolute Gasteiger partial charge is 0.395 e. The smallest absolute Gasteiger partial charge is 0.237 e. The van der Waals surface area contributed by atoms with Crippen molar-refractivity contribution in [2.24, 2.45) is 11.8 Å². The van der Waals surface area contributed by atoms with Crippen LogP contribution in [0.3, 0.4) is 0 Å². The Balaban J connectivity index is 2.05. The number of nitrogens with one attached hydrogen (secondary N) is 1. The summed E-state index contributed by atoms with van der Waals surface area (Å²) in [6.45, 7) is 7.80. The molecule has 2 fully saturated rings. The summed E-state index contributed by atoms with van der Waals surface area (Å²) in [4.78, 5) is 14.7. The number of carbonyl (C=O) groups is 1. The van der Waals surface area contributed by atoms with E-state index in [-0.39, 0.29) is 24.1 Å². The van der Waals surface area contributed by atoms with Crippen molar-refractivity contribution in [3.05, 3.63) is 0 Å². The molecule has 0 aromatic carbocycles. The van der Waals surface area contributed by atoms with Crippen LogP contribution in [0.25, 0.3) is 0 Å².